The molecule has 102 valence electrons. The number of ether oxygens (including phenoxy) is 1. The number of nitrogens with two attached hydrogens (primary N) is 1. The van der Waals surface area contributed by atoms with Crippen LogP contribution in [0.1, 0.15) is 39.0 Å². The van der Waals surface area contributed by atoms with E-state index in [1.165, 1.54) is 19.3 Å². The van der Waals surface area contributed by atoms with Crippen LogP contribution in [0.15, 0.2) is 11.4 Å². The molecule has 5 heteroatoms. The van der Waals surface area contributed by atoms with Gasteiger partial charge < -0.3 is 10.5 Å². The van der Waals surface area contributed by atoms with Crippen LogP contribution in [0.5, 0.6) is 5.88 Å². The summed E-state index contributed by atoms with van der Waals surface area (Å²) in [7, 11) is 0. The summed E-state index contributed by atoms with van der Waals surface area (Å²) in [6.07, 6.45) is 6.38. The molecular weight excluding hydrogens is 258 g/mol. The number of anilines is 1. The molecular formula is C14H19N3OS. The van der Waals surface area contributed by atoms with Gasteiger partial charge in [-0.3, -0.25) is 0 Å². The summed E-state index contributed by atoms with van der Waals surface area (Å²) in [5.41, 5.74) is 5.76. The molecule has 1 saturated carbocycles. The number of hydrogen-bond acceptors (Lipinski definition) is 5. The lowest BCUT2D eigenvalue weighted by Gasteiger charge is -2.30. The Morgan fingerprint density at radius 2 is 2.21 bits per heavy atom. The van der Waals surface area contributed by atoms with Gasteiger partial charge in [-0.1, -0.05) is 13.3 Å². The molecule has 2 aromatic rings. The molecule has 2 aromatic heterocycles. The Morgan fingerprint density at radius 3 is 3.05 bits per heavy atom. The van der Waals surface area contributed by atoms with Gasteiger partial charge >= 0.3 is 0 Å². The molecule has 0 amide bonds. The van der Waals surface area contributed by atoms with Gasteiger partial charge in [0.1, 0.15) is 10.9 Å². The minimum atomic E-state index is 0.274. The molecule has 3 rings (SSSR count). The summed E-state index contributed by atoms with van der Waals surface area (Å²) in [5.74, 6) is 1.60. The molecule has 1 fully saturated rings. The zero-order valence-corrected chi connectivity index (χ0v) is 11.9. The van der Waals surface area contributed by atoms with Gasteiger partial charge in [0.05, 0.1) is 5.39 Å². The number of hydrogen-bond donors (Lipinski definition) is 1. The standard InChI is InChI=1S/C14H19N3OS/c1-2-9-5-3-4-6-11(9)18-12-10-7-8-19-13(10)17-14(15)16-12/h7-9,11H,2-6H2,1H3,(H2,15,16,17). The van der Waals surface area contributed by atoms with Crippen LogP contribution in [0.3, 0.4) is 0 Å². The number of fused-ring (bicyclic) bond motifs is 1. The topological polar surface area (TPSA) is 61.0 Å². The van der Waals surface area contributed by atoms with Crippen molar-refractivity contribution < 1.29 is 4.74 Å². The van der Waals surface area contributed by atoms with Gasteiger partial charge in [-0.2, -0.15) is 4.98 Å². The van der Waals surface area contributed by atoms with Gasteiger partial charge in [0.15, 0.2) is 0 Å². The average molecular weight is 277 g/mol. The summed E-state index contributed by atoms with van der Waals surface area (Å²) in [6.45, 7) is 2.24. The van der Waals surface area contributed by atoms with Crippen LogP contribution in [0.4, 0.5) is 5.95 Å². The third-order valence-corrected chi connectivity index (χ3v) is 4.74. The number of nitrogen functional groups attached to an aromatic ring is 1. The Bertz CT molecular complexity index is 569. The highest BCUT2D eigenvalue weighted by molar-refractivity contribution is 7.16. The largest absolute Gasteiger partial charge is 0.473 e. The normalized spacial score (nSPS) is 23.6. The number of aromatic nitrogens is 2. The van der Waals surface area contributed by atoms with Crippen molar-refractivity contribution in [2.75, 3.05) is 5.73 Å². The molecule has 0 aliphatic heterocycles. The molecule has 0 radical (unpaired) electrons. The summed E-state index contributed by atoms with van der Waals surface area (Å²) >= 11 is 1.57. The lowest BCUT2D eigenvalue weighted by Crippen LogP contribution is -2.30. The van der Waals surface area contributed by atoms with Crippen LogP contribution in [0, 0.1) is 5.92 Å². The highest BCUT2D eigenvalue weighted by Gasteiger charge is 2.26. The third-order valence-electron chi connectivity index (χ3n) is 3.93. The first-order chi connectivity index (χ1) is 9.28. The van der Waals surface area contributed by atoms with Crippen LogP contribution < -0.4 is 10.5 Å². The predicted molar refractivity (Wildman–Crippen MR) is 78.5 cm³/mol. The fraction of sp³-hybridized carbons (Fsp3) is 0.571. The van der Waals surface area contributed by atoms with E-state index in [9.17, 15) is 0 Å². The monoisotopic (exact) mass is 277 g/mol. The van der Waals surface area contributed by atoms with Crippen LogP contribution in [0.25, 0.3) is 10.2 Å². The Morgan fingerprint density at radius 1 is 1.37 bits per heavy atom. The summed E-state index contributed by atoms with van der Waals surface area (Å²) < 4.78 is 6.19. The van der Waals surface area contributed by atoms with E-state index < -0.39 is 0 Å². The van der Waals surface area contributed by atoms with Crippen molar-refractivity contribution in [3.63, 3.8) is 0 Å². The van der Waals surface area contributed by atoms with E-state index in [-0.39, 0.29) is 6.10 Å². The molecule has 2 heterocycles. The van der Waals surface area contributed by atoms with Crippen LogP contribution in [-0.2, 0) is 0 Å². The number of nitrogens with zero attached hydrogens (tertiary/aromatic N) is 2. The SMILES string of the molecule is CCC1CCCCC1Oc1nc(N)nc2sccc12. The molecule has 0 aromatic carbocycles. The number of rotatable bonds is 3. The van der Waals surface area contributed by atoms with E-state index in [1.54, 1.807) is 11.3 Å². The molecule has 2 N–H and O–H groups in total. The lowest BCUT2D eigenvalue weighted by atomic mass is 9.85. The zero-order valence-electron chi connectivity index (χ0n) is 11.1. The van der Waals surface area contributed by atoms with E-state index in [0.29, 0.717) is 17.7 Å². The first-order valence-corrected chi connectivity index (χ1v) is 7.83. The van der Waals surface area contributed by atoms with E-state index in [0.717, 1.165) is 23.1 Å². The minimum Gasteiger partial charge on any atom is -0.473 e. The lowest BCUT2D eigenvalue weighted by molar-refractivity contribution is 0.0876. The fourth-order valence-electron chi connectivity index (χ4n) is 2.87. The van der Waals surface area contributed by atoms with Gasteiger partial charge in [-0.05, 0) is 43.0 Å². The maximum Gasteiger partial charge on any atom is 0.227 e. The Labute approximate surface area is 117 Å². The van der Waals surface area contributed by atoms with E-state index in [2.05, 4.69) is 16.9 Å². The Kier molecular flexibility index (Phi) is 3.55. The summed E-state index contributed by atoms with van der Waals surface area (Å²) in [5, 5.41) is 2.99. The maximum atomic E-state index is 6.19. The van der Waals surface area contributed by atoms with Gasteiger partial charge in [0, 0.05) is 0 Å². The van der Waals surface area contributed by atoms with Crippen molar-refractivity contribution in [2.45, 2.75) is 45.1 Å². The highest BCUT2D eigenvalue weighted by Crippen LogP contribution is 2.33. The predicted octanol–water partition coefficient (Wildman–Crippen LogP) is 3.62. The van der Waals surface area contributed by atoms with E-state index >= 15 is 0 Å². The van der Waals surface area contributed by atoms with Gasteiger partial charge in [0.2, 0.25) is 11.8 Å². The van der Waals surface area contributed by atoms with Crippen LogP contribution in [-0.4, -0.2) is 16.1 Å². The minimum absolute atomic E-state index is 0.274. The molecule has 1 aliphatic rings. The molecule has 0 spiro atoms. The molecule has 2 atom stereocenters. The third kappa shape index (κ3) is 2.52. The van der Waals surface area contributed by atoms with Crippen molar-refractivity contribution in [1.82, 2.24) is 9.97 Å². The average Bonchev–Trinajstić information content (AvgIpc) is 2.87. The fourth-order valence-corrected chi connectivity index (χ4v) is 3.63. The van der Waals surface area contributed by atoms with Gasteiger partial charge in [-0.25, -0.2) is 4.98 Å². The molecule has 4 nitrogen and oxygen atoms in total. The molecule has 2 unspecified atom stereocenters. The Balaban J connectivity index is 1.89. The highest BCUT2D eigenvalue weighted by atomic mass is 32.1. The maximum absolute atomic E-state index is 6.19. The van der Waals surface area contributed by atoms with Crippen molar-refractivity contribution in [1.29, 1.82) is 0 Å². The van der Waals surface area contributed by atoms with Crippen molar-refractivity contribution >= 4 is 27.5 Å². The van der Waals surface area contributed by atoms with E-state index in [1.807, 2.05) is 11.4 Å². The second-order valence-corrected chi connectivity index (χ2v) is 6.03. The smallest absolute Gasteiger partial charge is 0.227 e. The quantitative estimate of drug-likeness (QED) is 0.930. The molecule has 19 heavy (non-hydrogen) atoms. The second-order valence-electron chi connectivity index (χ2n) is 5.14. The number of thiophene rings is 1. The Hall–Kier alpha value is -1.36. The molecule has 0 bridgehead atoms. The first kappa shape index (κ1) is 12.7. The first-order valence-electron chi connectivity index (χ1n) is 6.95. The molecule has 1 aliphatic carbocycles. The van der Waals surface area contributed by atoms with Crippen molar-refractivity contribution in [2.24, 2.45) is 5.92 Å². The van der Waals surface area contributed by atoms with Gasteiger partial charge in [-0.15, -0.1) is 11.3 Å². The van der Waals surface area contributed by atoms with Crippen molar-refractivity contribution in [3.8, 4) is 5.88 Å². The van der Waals surface area contributed by atoms with Crippen molar-refractivity contribution in [3.05, 3.63) is 11.4 Å². The zero-order chi connectivity index (χ0) is 13.2. The van der Waals surface area contributed by atoms with Gasteiger partial charge in [0.25, 0.3) is 0 Å². The summed E-state index contributed by atoms with van der Waals surface area (Å²) in [6, 6.07) is 2.01. The van der Waals surface area contributed by atoms with Crippen LogP contribution in [0.2, 0.25) is 0 Å². The second kappa shape index (κ2) is 5.33. The van der Waals surface area contributed by atoms with E-state index in [4.69, 9.17) is 10.5 Å². The summed E-state index contributed by atoms with van der Waals surface area (Å²) in [4.78, 5) is 9.43. The molecule has 0 saturated heterocycles. The van der Waals surface area contributed by atoms with Crippen LogP contribution >= 0.6 is 11.3 Å².